The summed E-state index contributed by atoms with van der Waals surface area (Å²) in [5.74, 6) is -1.43. The lowest BCUT2D eigenvalue weighted by atomic mass is 10.1. The molecule has 0 saturated carbocycles. The van der Waals surface area contributed by atoms with Gasteiger partial charge in [0, 0.05) is 12.6 Å². The summed E-state index contributed by atoms with van der Waals surface area (Å²) < 4.78 is 4.79. The molecule has 0 aliphatic rings. The van der Waals surface area contributed by atoms with Crippen molar-refractivity contribution in [3.63, 3.8) is 0 Å². The Morgan fingerprint density at radius 2 is 1.74 bits per heavy atom. The van der Waals surface area contributed by atoms with Crippen LogP contribution in [0.25, 0.3) is 0 Å². The van der Waals surface area contributed by atoms with E-state index < -0.39 is 18.5 Å². The van der Waals surface area contributed by atoms with Gasteiger partial charge >= 0.3 is 5.97 Å². The first-order chi connectivity index (χ1) is 13.0. The number of carbonyl (C=O) groups is 3. The number of aryl methyl sites for hydroxylation is 1. The van der Waals surface area contributed by atoms with Gasteiger partial charge in [-0.3, -0.25) is 9.59 Å². The minimum atomic E-state index is -0.600. The van der Waals surface area contributed by atoms with Crippen LogP contribution in [0.5, 0.6) is 0 Å². The Bertz CT molecular complexity index is 842. The van der Waals surface area contributed by atoms with Crippen molar-refractivity contribution in [1.82, 2.24) is 5.32 Å². The highest BCUT2D eigenvalue weighted by molar-refractivity contribution is 6.04. The second kappa shape index (κ2) is 9.91. The molecule has 0 saturated heterocycles. The van der Waals surface area contributed by atoms with Crippen LogP contribution in [0.3, 0.4) is 0 Å². The fourth-order valence-electron chi connectivity index (χ4n) is 2.28. The van der Waals surface area contributed by atoms with E-state index in [9.17, 15) is 14.4 Å². The van der Waals surface area contributed by atoms with Crippen LogP contribution in [0.15, 0.2) is 60.7 Å². The smallest absolute Gasteiger partial charge is 0.330 e. The number of para-hydroxylation sites is 1. The molecule has 27 heavy (non-hydrogen) atoms. The second-order valence-electron chi connectivity index (χ2n) is 5.87. The minimum absolute atomic E-state index is 0.308. The van der Waals surface area contributed by atoms with Crippen LogP contribution < -0.4 is 10.6 Å². The summed E-state index contributed by atoms with van der Waals surface area (Å²) in [6.07, 6.45) is 2.74. The van der Waals surface area contributed by atoms with Gasteiger partial charge in [0.1, 0.15) is 0 Å². The van der Waals surface area contributed by atoms with Crippen molar-refractivity contribution in [1.29, 1.82) is 0 Å². The van der Waals surface area contributed by atoms with Gasteiger partial charge in [-0.1, -0.05) is 48.0 Å². The molecule has 0 aliphatic heterocycles. The van der Waals surface area contributed by atoms with Crippen molar-refractivity contribution in [3.8, 4) is 0 Å². The Morgan fingerprint density at radius 3 is 2.44 bits per heavy atom. The van der Waals surface area contributed by atoms with E-state index in [1.165, 1.54) is 12.2 Å². The quantitative estimate of drug-likeness (QED) is 0.583. The molecule has 2 amide bonds. The molecule has 140 valence electrons. The van der Waals surface area contributed by atoms with Crippen LogP contribution in [0.4, 0.5) is 5.69 Å². The number of hydrogen-bond acceptors (Lipinski definition) is 4. The van der Waals surface area contributed by atoms with Gasteiger partial charge in [-0.25, -0.2) is 4.79 Å². The maximum atomic E-state index is 12.5. The summed E-state index contributed by atoms with van der Waals surface area (Å²) in [7, 11) is 0. The Balaban J connectivity index is 1.97. The first kappa shape index (κ1) is 19.9. The van der Waals surface area contributed by atoms with E-state index in [0.717, 1.165) is 11.1 Å². The fourth-order valence-corrected chi connectivity index (χ4v) is 2.28. The molecule has 2 N–H and O–H groups in total. The summed E-state index contributed by atoms with van der Waals surface area (Å²) in [6.45, 7) is 3.62. The van der Waals surface area contributed by atoms with Crippen molar-refractivity contribution in [2.24, 2.45) is 0 Å². The highest BCUT2D eigenvalue weighted by atomic mass is 16.5. The summed E-state index contributed by atoms with van der Waals surface area (Å²) in [4.78, 5) is 35.7. The lowest BCUT2D eigenvalue weighted by Gasteiger charge is -2.11. The first-order valence-corrected chi connectivity index (χ1v) is 8.51. The Labute approximate surface area is 158 Å². The number of rotatable bonds is 7. The van der Waals surface area contributed by atoms with Crippen LogP contribution in [-0.2, 0) is 20.9 Å². The SMILES string of the molecule is CC=CC(=O)OCC(=O)Nc1ccccc1C(=O)NCc1ccc(C)cc1. The lowest BCUT2D eigenvalue weighted by Crippen LogP contribution is -2.26. The molecule has 6 heteroatoms. The molecule has 0 heterocycles. The summed E-state index contributed by atoms with van der Waals surface area (Å²) >= 11 is 0. The van der Waals surface area contributed by atoms with Gasteiger partial charge in [0.25, 0.3) is 11.8 Å². The van der Waals surface area contributed by atoms with E-state index >= 15 is 0 Å². The molecule has 2 rings (SSSR count). The molecule has 0 spiro atoms. The van der Waals surface area contributed by atoms with Crippen molar-refractivity contribution in [2.75, 3.05) is 11.9 Å². The molecule has 2 aromatic rings. The van der Waals surface area contributed by atoms with Crippen molar-refractivity contribution < 1.29 is 19.1 Å². The number of esters is 1. The van der Waals surface area contributed by atoms with Crippen molar-refractivity contribution in [2.45, 2.75) is 20.4 Å². The van der Waals surface area contributed by atoms with E-state index in [4.69, 9.17) is 4.74 Å². The van der Waals surface area contributed by atoms with Gasteiger partial charge < -0.3 is 15.4 Å². The lowest BCUT2D eigenvalue weighted by molar-refractivity contribution is -0.142. The van der Waals surface area contributed by atoms with Crippen LogP contribution in [0.2, 0.25) is 0 Å². The molecule has 0 fully saturated rings. The number of nitrogens with one attached hydrogen (secondary N) is 2. The van der Waals surface area contributed by atoms with E-state index in [-0.39, 0.29) is 5.91 Å². The molecule has 2 aromatic carbocycles. The van der Waals surface area contributed by atoms with Crippen molar-refractivity contribution in [3.05, 3.63) is 77.4 Å². The van der Waals surface area contributed by atoms with Gasteiger partial charge in [0.05, 0.1) is 11.3 Å². The zero-order valence-electron chi connectivity index (χ0n) is 15.3. The fraction of sp³-hybridized carbons (Fsp3) is 0.190. The van der Waals surface area contributed by atoms with Gasteiger partial charge in [-0.15, -0.1) is 0 Å². The number of anilines is 1. The highest BCUT2D eigenvalue weighted by Crippen LogP contribution is 2.15. The molecular weight excluding hydrogens is 344 g/mol. The van der Waals surface area contributed by atoms with Crippen LogP contribution in [0.1, 0.15) is 28.4 Å². The van der Waals surface area contributed by atoms with E-state index in [1.54, 1.807) is 31.2 Å². The average molecular weight is 366 g/mol. The number of ether oxygens (including phenoxy) is 1. The third-order valence-electron chi connectivity index (χ3n) is 3.67. The number of amides is 2. The maximum Gasteiger partial charge on any atom is 0.330 e. The largest absolute Gasteiger partial charge is 0.452 e. The average Bonchev–Trinajstić information content (AvgIpc) is 2.66. The minimum Gasteiger partial charge on any atom is -0.452 e. The van der Waals surface area contributed by atoms with Gasteiger partial charge in [0.15, 0.2) is 6.61 Å². The number of hydrogen-bond donors (Lipinski definition) is 2. The third kappa shape index (κ3) is 6.43. The normalized spacial score (nSPS) is 10.4. The van der Waals surface area contributed by atoms with Crippen LogP contribution >= 0.6 is 0 Å². The Hall–Kier alpha value is -3.41. The Morgan fingerprint density at radius 1 is 1.04 bits per heavy atom. The molecule has 0 atom stereocenters. The standard InChI is InChI=1S/C21H22N2O4/c1-3-6-20(25)27-14-19(24)23-18-8-5-4-7-17(18)21(26)22-13-16-11-9-15(2)10-12-16/h3-12H,13-14H2,1-2H3,(H,22,26)(H,23,24). The molecule has 0 radical (unpaired) electrons. The summed E-state index contributed by atoms with van der Waals surface area (Å²) in [5.41, 5.74) is 2.81. The predicted molar refractivity (Wildman–Crippen MR) is 103 cm³/mol. The maximum absolute atomic E-state index is 12.5. The predicted octanol–water partition coefficient (Wildman–Crippen LogP) is 2.98. The zero-order valence-corrected chi connectivity index (χ0v) is 15.3. The zero-order chi connectivity index (χ0) is 19.6. The van der Waals surface area contributed by atoms with Gasteiger partial charge in [-0.05, 0) is 31.5 Å². The molecule has 0 aliphatic carbocycles. The van der Waals surface area contributed by atoms with Gasteiger partial charge in [0.2, 0.25) is 0 Å². The summed E-state index contributed by atoms with van der Waals surface area (Å²) in [5, 5.41) is 5.42. The van der Waals surface area contributed by atoms with E-state index in [2.05, 4.69) is 10.6 Å². The van der Waals surface area contributed by atoms with Crippen LogP contribution in [-0.4, -0.2) is 24.4 Å². The molecule has 0 bridgehead atoms. The highest BCUT2D eigenvalue weighted by Gasteiger charge is 2.13. The number of allylic oxidation sites excluding steroid dienone is 1. The second-order valence-corrected chi connectivity index (χ2v) is 5.87. The number of carbonyl (C=O) groups excluding carboxylic acids is 3. The van der Waals surface area contributed by atoms with Crippen molar-refractivity contribution >= 4 is 23.5 Å². The molecule has 0 unspecified atom stereocenters. The molecular formula is C21H22N2O4. The molecule has 0 aromatic heterocycles. The Kier molecular flexibility index (Phi) is 7.31. The molecule has 6 nitrogen and oxygen atoms in total. The topological polar surface area (TPSA) is 84.5 Å². The monoisotopic (exact) mass is 366 g/mol. The number of benzene rings is 2. The first-order valence-electron chi connectivity index (χ1n) is 8.51. The van der Waals surface area contributed by atoms with Crippen LogP contribution in [0, 0.1) is 6.92 Å². The van der Waals surface area contributed by atoms with E-state index in [1.807, 2.05) is 31.2 Å². The van der Waals surface area contributed by atoms with Gasteiger partial charge in [-0.2, -0.15) is 0 Å². The van der Waals surface area contributed by atoms with E-state index in [0.29, 0.717) is 17.8 Å². The third-order valence-corrected chi connectivity index (χ3v) is 3.67. The summed E-state index contributed by atoms with van der Waals surface area (Å²) in [6, 6.07) is 14.5.